The monoisotopic (exact) mass is 427 g/mol. The van der Waals surface area contributed by atoms with Gasteiger partial charge in [0.25, 0.3) is 0 Å². The van der Waals surface area contributed by atoms with Gasteiger partial charge in [-0.15, -0.1) is 12.4 Å². The summed E-state index contributed by atoms with van der Waals surface area (Å²) in [6, 6.07) is 3.33. The van der Waals surface area contributed by atoms with Crippen molar-refractivity contribution in [2.24, 2.45) is 11.7 Å². The summed E-state index contributed by atoms with van der Waals surface area (Å²) in [4.78, 5) is 12.1. The van der Waals surface area contributed by atoms with E-state index in [9.17, 15) is 17.6 Å². The predicted octanol–water partition coefficient (Wildman–Crippen LogP) is 2.16. The normalized spacial score (nSPS) is 16.8. The fraction of sp³-hybridized carbons (Fsp3) is 0.562. The van der Waals surface area contributed by atoms with Gasteiger partial charge in [0.2, 0.25) is 15.9 Å². The molecule has 1 heterocycles. The van der Waals surface area contributed by atoms with Crippen LogP contribution in [-0.2, 0) is 14.8 Å². The number of nitrogens with one attached hydrogen (secondary N) is 1. The SMILES string of the molecule is CC(C)(N)CNC(=O)C1CCN(S(=O)(=O)c2ccc(F)c(Cl)c2)CC1.Cl. The number of hydrogen-bond donors (Lipinski definition) is 2. The van der Waals surface area contributed by atoms with Crippen molar-refractivity contribution in [2.45, 2.75) is 37.1 Å². The Hall–Kier alpha value is -0.930. The second kappa shape index (κ2) is 8.84. The van der Waals surface area contributed by atoms with E-state index in [1.165, 1.54) is 10.4 Å². The number of piperidine rings is 1. The van der Waals surface area contributed by atoms with E-state index in [0.29, 0.717) is 19.4 Å². The number of carbonyl (C=O) groups is 1. The third-order valence-electron chi connectivity index (χ3n) is 4.07. The molecule has 0 saturated carbocycles. The van der Waals surface area contributed by atoms with Crippen LogP contribution >= 0.6 is 24.0 Å². The number of halogens is 3. The Morgan fingerprint density at radius 3 is 2.46 bits per heavy atom. The summed E-state index contributed by atoms with van der Waals surface area (Å²) in [5.41, 5.74) is 5.34. The first-order valence-corrected chi connectivity index (χ1v) is 9.84. The van der Waals surface area contributed by atoms with Gasteiger partial charge >= 0.3 is 0 Å². The molecule has 1 aromatic carbocycles. The van der Waals surface area contributed by atoms with Gasteiger partial charge in [-0.2, -0.15) is 4.31 Å². The molecule has 0 radical (unpaired) electrons. The van der Waals surface area contributed by atoms with Crippen LogP contribution < -0.4 is 11.1 Å². The molecule has 0 aromatic heterocycles. The molecule has 10 heteroatoms. The third-order valence-corrected chi connectivity index (χ3v) is 6.26. The highest BCUT2D eigenvalue weighted by Crippen LogP contribution is 2.26. The van der Waals surface area contributed by atoms with E-state index in [2.05, 4.69) is 5.32 Å². The Labute approximate surface area is 164 Å². The maximum absolute atomic E-state index is 13.2. The number of sulfonamides is 1. The zero-order valence-electron chi connectivity index (χ0n) is 14.7. The van der Waals surface area contributed by atoms with Crippen LogP contribution in [0.1, 0.15) is 26.7 Å². The first kappa shape index (κ1) is 23.1. The molecular formula is C16H24Cl2FN3O3S. The number of rotatable bonds is 5. The van der Waals surface area contributed by atoms with Gasteiger partial charge in [0.15, 0.2) is 0 Å². The smallest absolute Gasteiger partial charge is 0.243 e. The summed E-state index contributed by atoms with van der Waals surface area (Å²) in [5.74, 6) is -1.02. The molecule has 148 valence electrons. The summed E-state index contributed by atoms with van der Waals surface area (Å²) in [6.07, 6.45) is 0.843. The Balaban J connectivity index is 0.00000338. The maximum atomic E-state index is 13.2. The van der Waals surface area contributed by atoms with E-state index in [1.54, 1.807) is 0 Å². The summed E-state index contributed by atoms with van der Waals surface area (Å²) in [7, 11) is -3.76. The average Bonchev–Trinajstić information content (AvgIpc) is 2.54. The minimum Gasteiger partial charge on any atom is -0.354 e. The Morgan fingerprint density at radius 1 is 1.38 bits per heavy atom. The fourth-order valence-corrected chi connectivity index (χ4v) is 4.35. The third kappa shape index (κ3) is 5.79. The quantitative estimate of drug-likeness (QED) is 0.752. The van der Waals surface area contributed by atoms with Crippen LogP contribution in [0, 0.1) is 11.7 Å². The minimum absolute atomic E-state index is 0. The van der Waals surface area contributed by atoms with Gasteiger partial charge in [0, 0.05) is 31.1 Å². The highest BCUT2D eigenvalue weighted by Gasteiger charge is 2.32. The van der Waals surface area contributed by atoms with E-state index in [1.807, 2.05) is 13.8 Å². The van der Waals surface area contributed by atoms with Crippen LogP contribution in [0.5, 0.6) is 0 Å². The molecule has 6 nitrogen and oxygen atoms in total. The molecule has 1 amide bonds. The molecule has 1 aromatic rings. The summed E-state index contributed by atoms with van der Waals surface area (Å²) >= 11 is 5.67. The Kier molecular flexibility index (Phi) is 7.86. The van der Waals surface area contributed by atoms with Crippen molar-refractivity contribution >= 4 is 39.9 Å². The number of carbonyl (C=O) groups excluding carboxylic acids is 1. The lowest BCUT2D eigenvalue weighted by Crippen LogP contribution is -2.48. The molecule has 1 aliphatic rings. The van der Waals surface area contributed by atoms with E-state index in [0.717, 1.165) is 12.1 Å². The van der Waals surface area contributed by atoms with Gasteiger partial charge in [0.05, 0.1) is 9.92 Å². The topological polar surface area (TPSA) is 92.5 Å². The van der Waals surface area contributed by atoms with Crippen molar-refractivity contribution in [3.63, 3.8) is 0 Å². The number of amides is 1. The van der Waals surface area contributed by atoms with Gasteiger partial charge in [-0.25, -0.2) is 12.8 Å². The first-order chi connectivity index (χ1) is 11.5. The van der Waals surface area contributed by atoms with Crippen LogP contribution in [0.4, 0.5) is 4.39 Å². The first-order valence-electron chi connectivity index (χ1n) is 8.02. The van der Waals surface area contributed by atoms with E-state index >= 15 is 0 Å². The Bertz CT molecular complexity index is 746. The molecule has 0 bridgehead atoms. The van der Waals surface area contributed by atoms with Crippen LogP contribution in [0.15, 0.2) is 23.1 Å². The number of hydrogen-bond acceptors (Lipinski definition) is 4. The predicted molar refractivity (Wildman–Crippen MR) is 101 cm³/mol. The average molecular weight is 428 g/mol. The van der Waals surface area contributed by atoms with Crippen molar-refractivity contribution in [3.8, 4) is 0 Å². The molecule has 2 rings (SSSR count). The molecule has 0 aliphatic carbocycles. The van der Waals surface area contributed by atoms with Crippen molar-refractivity contribution < 1.29 is 17.6 Å². The van der Waals surface area contributed by atoms with E-state index in [-0.39, 0.29) is 47.2 Å². The highest BCUT2D eigenvalue weighted by atomic mass is 35.5. The van der Waals surface area contributed by atoms with Gasteiger partial charge < -0.3 is 11.1 Å². The van der Waals surface area contributed by atoms with Crippen molar-refractivity contribution in [1.82, 2.24) is 9.62 Å². The summed E-state index contributed by atoms with van der Waals surface area (Å²) in [6.45, 7) is 4.44. The Morgan fingerprint density at radius 2 is 1.96 bits per heavy atom. The molecule has 1 saturated heterocycles. The lowest BCUT2D eigenvalue weighted by atomic mass is 9.96. The van der Waals surface area contributed by atoms with Crippen LogP contribution in [-0.4, -0.2) is 43.8 Å². The number of nitrogens with two attached hydrogens (primary N) is 1. The molecular weight excluding hydrogens is 404 g/mol. The summed E-state index contributed by atoms with van der Waals surface area (Å²) in [5, 5.41) is 2.56. The highest BCUT2D eigenvalue weighted by molar-refractivity contribution is 7.89. The van der Waals surface area contributed by atoms with Gasteiger partial charge in [-0.3, -0.25) is 4.79 Å². The van der Waals surface area contributed by atoms with Crippen LogP contribution in [0.2, 0.25) is 5.02 Å². The van der Waals surface area contributed by atoms with Gasteiger partial charge in [-0.1, -0.05) is 11.6 Å². The van der Waals surface area contributed by atoms with Crippen molar-refractivity contribution in [3.05, 3.63) is 29.0 Å². The molecule has 3 N–H and O–H groups in total. The lowest BCUT2D eigenvalue weighted by Gasteiger charge is -2.31. The van der Waals surface area contributed by atoms with E-state index in [4.69, 9.17) is 17.3 Å². The number of benzene rings is 1. The molecule has 0 unspecified atom stereocenters. The largest absolute Gasteiger partial charge is 0.354 e. The number of nitrogens with zero attached hydrogens (tertiary/aromatic N) is 1. The van der Waals surface area contributed by atoms with Crippen molar-refractivity contribution in [2.75, 3.05) is 19.6 Å². The maximum Gasteiger partial charge on any atom is 0.243 e. The van der Waals surface area contributed by atoms with Gasteiger partial charge in [0.1, 0.15) is 5.82 Å². The molecule has 0 spiro atoms. The van der Waals surface area contributed by atoms with Crippen LogP contribution in [0.25, 0.3) is 0 Å². The summed E-state index contributed by atoms with van der Waals surface area (Å²) < 4.78 is 39.8. The van der Waals surface area contributed by atoms with Crippen LogP contribution in [0.3, 0.4) is 0 Å². The van der Waals surface area contributed by atoms with Gasteiger partial charge in [-0.05, 0) is 44.9 Å². The fourth-order valence-electron chi connectivity index (χ4n) is 2.60. The van der Waals surface area contributed by atoms with Crippen molar-refractivity contribution in [1.29, 1.82) is 0 Å². The molecule has 1 aliphatic heterocycles. The second-order valence-electron chi connectivity index (χ2n) is 6.96. The van der Waals surface area contributed by atoms with E-state index < -0.39 is 21.4 Å². The zero-order chi connectivity index (χ0) is 18.8. The minimum atomic E-state index is -3.76. The second-order valence-corrected chi connectivity index (χ2v) is 9.31. The molecule has 0 atom stereocenters. The zero-order valence-corrected chi connectivity index (χ0v) is 17.1. The molecule has 1 fully saturated rings. The lowest BCUT2D eigenvalue weighted by molar-refractivity contribution is -0.126. The molecule has 26 heavy (non-hydrogen) atoms. The standard InChI is InChI=1S/C16H23ClFN3O3S.ClH/c1-16(2,19)10-20-15(22)11-5-7-21(8-6-11)25(23,24)12-3-4-14(18)13(17)9-12;/h3-4,9,11H,5-8,10,19H2,1-2H3,(H,20,22);1H.